The van der Waals surface area contributed by atoms with E-state index in [-0.39, 0.29) is 11.9 Å². The molecule has 2 saturated carbocycles. The fourth-order valence-corrected chi connectivity index (χ4v) is 6.25. The number of amides is 1. The first-order valence-corrected chi connectivity index (χ1v) is 12.3. The third-order valence-electron chi connectivity index (χ3n) is 7.52. The van der Waals surface area contributed by atoms with Crippen molar-refractivity contribution in [1.29, 1.82) is 0 Å². The van der Waals surface area contributed by atoms with Crippen molar-refractivity contribution in [2.75, 3.05) is 0 Å². The van der Waals surface area contributed by atoms with Gasteiger partial charge in [0.15, 0.2) is 0 Å². The lowest BCUT2D eigenvalue weighted by molar-refractivity contribution is -0.0399. The van der Waals surface area contributed by atoms with Crippen LogP contribution in [0.15, 0.2) is 67.0 Å². The van der Waals surface area contributed by atoms with Gasteiger partial charge in [-0.25, -0.2) is 4.98 Å². The summed E-state index contributed by atoms with van der Waals surface area (Å²) in [6, 6.07) is 19.0. The number of hydrogen-bond donors (Lipinski definition) is 1. The summed E-state index contributed by atoms with van der Waals surface area (Å²) in [6.45, 7) is 2.85. The predicted octanol–water partition coefficient (Wildman–Crippen LogP) is 6.11. The van der Waals surface area contributed by atoms with Gasteiger partial charge in [-0.1, -0.05) is 73.1 Å². The second-order valence-corrected chi connectivity index (χ2v) is 10.5. The molecule has 2 fully saturated rings. The van der Waals surface area contributed by atoms with Gasteiger partial charge in [0.1, 0.15) is 5.15 Å². The number of nitrogens with one attached hydrogen (secondary N) is 1. The van der Waals surface area contributed by atoms with Gasteiger partial charge in [0, 0.05) is 12.2 Å². The fourth-order valence-electron chi connectivity index (χ4n) is 6.07. The Balaban J connectivity index is 1.23. The number of benzene rings is 2. The molecule has 1 amide bonds. The monoisotopic (exact) mass is 470 g/mol. The van der Waals surface area contributed by atoms with E-state index < -0.39 is 0 Å². The number of hydrogen-bond acceptors (Lipinski definition) is 3. The van der Waals surface area contributed by atoms with Gasteiger partial charge in [0.25, 0.3) is 5.91 Å². The number of aromatic nitrogens is 3. The Morgan fingerprint density at radius 1 is 1.03 bits per heavy atom. The molecule has 1 N–H and O–H groups in total. The van der Waals surface area contributed by atoms with E-state index in [9.17, 15) is 4.79 Å². The summed E-state index contributed by atoms with van der Waals surface area (Å²) in [5.41, 5.74) is 5.20. The van der Waals surface area contributed by atoms with E-state index in [2.05, 4.69) is 58.7 Å². The molecule has 6 heteroatoms. The van der Waals surface area contributed by atoms with Crippen LogP contribution in [0, 0.1) is 11.3 Å². The summed E-state index contributed by atoms with van der Waals surface area (Å²) in [5.74, 6) is 0.732. The zero-order valence-corrected chi connectivity index (χ0v) is 19.9. The van der Waals surface area contributed by atoms with Gasteiger partial charge in [0.2, 0.25) is 0 Å². The molecule has 2 aliphatic rings. The van der Waals surface area contributed by atoms with Crippen LogP contribution >= 0.6 is 11.6 Å². The number of halogens is 1. The van der Waals surface area contributed by atoms with Crippen LogP contribution in [0.4, 0.5) is 0 Å². The van der Waals surface area contributed by atoms with Gasteiger partial charge < -0.3 is 5.32 Å². The number of carbonyl (C=O) groups is 1. The molecule has 0 radical (unpaired) electrons. The predicted molar refractivity (Wildman–Crippen MR) is 135 cm³/mol. The van der Waals surface area contributed by atoms with Crippen molar-refractivity contribution < 1.29 is 4.79 Å². The molecular weight excluding hydrogens is 444 g/mol. The van der Waals surface area contributed by atoms with E-state index in [1.165, 1.54) is 24.0 Å². The van der Waals surface area contributed by atoms with Crippen molar-refractivity contribution in [3.8, 4) is 11.1 Å². The first kappa shape index (κ1) is 21.4. The van der Waals surface area contributed by atoms with Gasteiger partial charge in [-0.05, 0) is 53.7 Å². The minimum atomic E-state index is -0.0948. The van der Waals surface area contributed by atoms with Crippen LogP contribution in [-0.4, -0.2) is 26.7 Å². The summed E-state index contributed by atoms with van der Waals surface area (Å²) in [4.78, 5) is 17.5. The third-order valence-corrected chi connectivity index (χ3v) is 7.82. The molecule has 0 saturated heterocycles. The number of rotatable bonds is 5. The van der Waals surface area contributed by atoms with E-state index in [0.717, 1.165) is 29.8 Å². The molecule has 2 aromatic heterocycles. The Labute approximate surface area is 204 Å². The maximum atomic E-state index is 13.2. The highest BCUT2D eigenvalue weighted by Gasteiger charge is 2.51. The van der Waals surface area contributed by atoms with E-state index >= 15 is 0 Å². The molecule has 0 bridgehead atoms. The van der Waals surface area contributed by atoms with Gasteiger partial charge in [-0.15, -0.1) is 0 Å². The van der Waals surface area contributed by atoms with Crippen LogP contribution in [0.2, 0.25) is 5.15 Å². The van der Waals surface area contributed by atoms with Crippen LogP contribution < -0.4 is 5.32 Å². The lowest BCUT2D eigenvalue weighted by Gasteiger charge is -2.57. The number of pyridine rings is 1. The van der Waals surface area contributed by atoms with Crippen molar-refractivity contribution in [2.24, 2.45) is 11.3 Å². The molecule has 0 unspecified atom stereocenters. The quantitative estimate of drug-likeness (QED) is 0.358. The first-order chi connectivity index (χ1) is 16.5. The maximum Gasteiger partial charge on any atom is 0.255 e. The van der Waals surface area contributed by atoms with Crippen LogP contribution in [0.1, 0.15) is 48.5 Å². The maximum absolute atomic E-state index is 13.2. The Bertz CT molecular complexity index is 1350. The Hall–Kier alpha value is -3.18. The second kappa shape index (κ2) is 8.24. The summed E-state index contributed by atoms with van der Waals surface area (Å²) >= 11 is 6.36. The molecule has 2 aliphatic carbocycles. The zero-order valence-electron chi connectivity index (χ0n) is 19.2. The molecule has 2 heterocycles. The standard InChI is InChI=1S/C28H27ClN4O/c1-18-11-28(12-18)13-22(14-28)32-27(34)24-15-30-26(29)23-16-31-33(25(23)24)17-19-7-9-21(10-8-19)20-5-3-2-4-6-20/h2-10,15-16,18,22H,11-14,17H2,1H3,(H,32,34). The first-order valence-electron chi connectivity index (χ1n) is 11.9. The molecular formula is C28H27ClN4O. The van der Waals surface area contributed by atoms with Crippen LogP contribution in [-0.2, 0) is 6.54 Å². The molecule has 34 heavy (non-hydrogen) atoms. The van der Waals surface area contributed by atoms with Gasteiger partial charge in [-0.2, -0.15) is 5.10 Å². The molecule has 6 rings (SSSR count). The van der Waals surface area contributed by atoms with E-state index in [4.69, 9.17) is 11.6 Å². The SMILES string of the molecule is CC1CC2(C1)CC(NC(=O)c1cnc(Cl)c3cnn(Cc4ccc(-c5ccccc5)cc4)c13)C2. The van der Waals surface area contributed by atoms with Crippen molar-refractivity contribution >= 4 is 28.4 Å². The van der Waals surface area contributed by atoms with Gasteiger partial charge >= 0.3 is 0 Å². The highest BCUT2D eigenvalue weighted by molar-refractivity contribution is 6.34. The van der Waals surface area contributed by atoms with Gasteiger partial charge in [0.05, 0.1) is 29.2 Å². The smallest absolute Gasteiger partial charge is 0.255 e. The highest BCUT2D eigenvalue weighted by Crippen LogP contribution is 2.58. The lowest BCUT2D eigenvalue weighted by atomic mass is 9.50. The van der Waals surface area contributed by atoms with Crippen molar-refractivity contribution in [3.63, 3.8) is 0 Å². The number of nitrogens with zero attached hydrogens (tertiary/aromatic N) is 3. The topological polar surface area (TPSA) is 59.8 Å². The Morgan fingerprint density at radius 2 is 1.74 bits per heavy atom. The van der Waals surface area contributed by atoms with Gasteiger partial charge in [-0.3, -0.25) is 9.48 Å². The van der Waals surface area contributed by atoms with Crippen LogP contribution in [0.3, 0.4) is 0 Å². The summed E-state index contributed by atoms with van der Waals surface area (Å²) < 4.78 is 1.85. The molecule has 172 valence electrons. The fraction of sp³-hybridized carbons (Fsp3) is 0.321. The second-order valence-electron chi connectivity index (χ2n) is 10.2. The van der Waals surface area contributed by atoms with E-state index in [1.54, 1.807) is 12.4 Å². The minimum absolute atomic E-state index is 0.0948. The average Bonchev–Trinajstić information content (AvgIpc) is 3.22. The van der Waals surface area contributed by atoms with Crippen molar-refractivity contribution in [1.82, 2.24) is 20.1 Å². The van der Waals surface area contributed by atoms with E-state index in [0.29, 0.717) is 28.1 Å². The molecule has 5 nitrogen and oxygen atoms in total. The number of fused-ring (bicyclic) bond motifs is 1. The normalized spacial score (nSPS) is 23.5. The highest BCUT2D eigenvalue weighted by atomic mass is 35.5. The minimum Gasteiger partial charge on any atom is -0.349 e. The third kappa shape index (κ3) is 3.78. The van der Waals surface area contributed by atoms with E-state index in [1.807, 2.05) is 22.9 Å². The van der Waals surface area contributed by atoms with Crippen molar-refractivity contribution in [3.05, 3.63) is 83.3 Å². The van der Waals surface area contributed by atoms with Crippen LogP contribution in [0.25, 0.3) is 22.0 Å². The largest absolute Gasteiger partial charge is 0.349 e. The molecule has 0 aliphatic heterocycles. The average molecular weight is 471 g/mol. The zero-order chi connectivity index (χ0) is 23.3. The van der Waals surface area contributed by atoms with Crippen LogP contribution in [0.5, 0.6) is 0 Å². The molecule has 4 aromatic rings. The number of carbonyl (C=O) groups excluding carboxylic acids is 1. The summed E-state index contributed by atoms with van der Waals surface area (Å²) in [5, 5.41) is 8.85. The Kier molecular flexibility index (Phi) is 5.18. The summed E-state index contributed by atoms with van der Waals surface area (Å²) in [6.07, 6.45) is 8.04. The molecule has 1 spiro atoms. The molecule has 0 atom stereocenters. The Morgan fingerprint density at radius 3 is 2.44 bits per heavy atom. The summed E-state index contributed by atoms with van der Waals surface area (Å²) in [7, 11) is 0. The molecule has 2 aromatic carbocycles. The van der Waals surface area contributed by atoms with Crippen molar-refractivity contribution in [2.45, 2.75) is 45.2 Å². The lowest BCUT2D eigenvalue weighted by Crippen LogP contribution is -2.55.